The molecular formula is C22H27N3O3. The smallest absolute Gasteiger partial charge is 0.307 e. The summed E-state index contributed by atoms with van der Waals surface area (Å²) in [6, 6.07) is 9.80. The monoisotopic (exact) mass is 381 g/mol. The summed E-state index contributed by atoms with van der Waals surface area (Å²) < 4.78 is 1.78. The number of aliphatic carboxylic acids is 1. The van der Waals surface area contributed by atoms with E-state index in [1.54, 1.807) is 4.68 Å². The Morgan fingerprint density at radius 2 is 1.79 bits per heavy atom. The molecule has 2 fully saturated rings. The van der Waals surface area contributed by atoms with Crippen LogP contribution in [0.15, 0.2) is 36.5 Å². The molecule has 1 N–H and O–H groups in total. The van der Waals surface area contributed by atoms with Gasteiger partial charge in [0.2, 0.25) is 0 Å². The second kappa shape index (κ2) is 6.47. The van der Waals surface area contributed by atoms with E-state index in [9.17, 15) is 14.7 Å². The lowest BCUT2D eigenvalue weighted by atomic mass is 9.88. The summed E-state index contributed by atoms with van der Waals surface area (Å²) in [6.07, 6.45) is 4.13. The molecule has 4 rings (SSSR count). The van der Waals surface area contributed by atoms with Crippen molar-refractivity contribution in [3.8, 4) is 5.69 Å². The summed E-state index contributed by atoms with van der Waals surface area (Å²) in [5.74, 6) is -0.927. The zero-order valence-corrected chi connectivity index (χ0v) is 16.7. The van der Waals surface area contributed by atoms with E-state index in [-0.39, 0.29) is 22.7 Å². The molecule has 1 unspecified atom stereocenters. The van der Waals surface area contributed by atoms with Crippen molar-refractivity contribution in [3.63, 3.8) is 0 Å². The van der Waals surface area contributed by atoms with E-state index in [1.165, 1.54) is 0 Å². The first-order valence-corrected chi connectivity index (χ1v) is 9.89. The van der Waals surface area contributed by atoms with Gasteiger partial charge in [-0.3, -0.25) is 9.59 Å². The van der Waals surface area contributed by atoms with E-state index >= 15 is 0 Å². The van der Waals surface area contributed by atoms with Gasteiger partial charge in [-0.25, -0.2) is 4.68 Å². The molecule has 1 aromatic carbocycles. The predicted molar refractivity (Wildman–Crippen MR) is 106 cm³/mol. The minimum atomic E-state index is -0.695. The van der Waals surface area contributed by atoms with Gasteiger partial charge in [-0.2, -0.15) is 5.10 Å². The highest BCUT2D eigenvalue weighted by Crippen LogP contribution is 2.59. The maximum atomic E-state index is 13.3. The van der Waals surface area contributed by atoms with Crippen LogP contribution in [0.3, 0.4) is 0 Å². The summed E-state index contributed by atoms with van der Waals surface area (Å²) >= 11 is 0. The Kier molecular flexibility index (Phi) is 4.32. The number of carbonyl (C=O) groups is 2. The molecule has 2 heterocycles. The van der Waals surface area contributed by atoms with Crippen LogP contribution in [-0.2, 0) is 10.2 Å². The van der Waals surface area contributed by atoms with Crippen molar-refractivity contribution < 1.29 is 14.7 Å². The molecule has 1 spiro atoms. The van der Waals surface area contributed by atoms with Crippen LogP contribution >= 0.6 is 0 Å². The minimum absolute atomic E-state index is 0.00511. The zero-order valence-electron chi connectivity index (χ0n) is 16.7. The Labute approximate surface area is 165 Å². The number of aromatic nitrogens is 2. The Balaban J connectivity index is 1.57. The summed E-state index contributed by atoms with van der Waals surface area (Å²) in [7, 11) is 0. The lowest BCUT2D eigenvalue weighted by molar-refractivity contribution is -0.139. The lowest BCUT2D eigenvalue weighted by Crippen LogP contribution is -2.40. The van der Waals surface area contributed by atoms with Crippen molar-refractivity contribution in [1.82, 2.24) is 14.7 Å². The number of piperidine rings is 1. The van der Waals surface area contributed by atoms with Crippen LogP contribution < -0.4 is 0 Å². The molecule has 28 heavy (non-hydrogen) atoms. The Bertz CT molecular complexity index is 903. The van der Waals surface area contributed by atoms with Crippen molar-refractivity contribution in [2.45, 2.75) is 45.4 Å². The Morgan fingerprint density at radius 1 is 1.14 bits per heavy atom. The topological polar surface area (TPSA) is 75.4 Å². The van der Waals surface area contributed by atoms with E-state index in [1.807, 2.05) is 41.4 Å². The SMILES string of the molecule is CC(C)(C)c1nn(-c2ccccc2)cc1C(=O)N1CCC2(CC1)CC2C(=O)O. The van der Waals surface area contributed by atoms with Gasteiger partial charge in [0.15, 0.2) is 0 Å². The number of para-hydroxylation sites is 1. The van der Waals surface area contributed by atoms with E-state index in [0.29, 0.717) is 18.7 Å². The molecule has 6 nitrogen and oxygen atoms in total. The maximum Gasteiger partial charge on any atom is 0.307 e. The summed E-state index contributed by atoms with van der Waals surface area (Å²) in [4.78, 5) is 26.5. The Morgan fingerprint density at radius 3 is 2.32 bits per heavy atom. The van der Waals surface area contributed by atoms with E-state index in [4.69, 9.17) is 5.10 Å². The van der Waals surface area contributed by atoms with Gasteiger partial charge in [-0.15, -0.1) is 0 Å². The average molecular weight is 381 g/mol. The number of benzene rings is 1. The van der Waals surface area contributed by atoms with Gasteiger partial charge in [-0.1, -0.05) is 39.0 Å². The van der Waals surface area contributed by atoms with Gasteiger partial charge in [0.05, 0.1) is 22.9 Å². The van der Waals surface area contributed by atoms with E-state index < -0.39 is 5.97 Å². The van der Waals surface area contributed by atoms with Crippen LogP contribution in [-0.4, -0.2) is 44.8 Å². The van der Waals surface area contributed by atoms with Gasteiger partial charge in [0.1, 0.15) is 0 Å². The molecule has 1 atom stereocenters. The number of likely N-dealkylation sites (tertiary alicyclic amines) is 1. The summed E-state index contributed by atoms with van der Waals surface area (Å²) in [5, 5.41) is 14.0. The predicted octanol–water partition coefficient (Wildman–Crippen LogP) is 3.50. The molecule has 148 valence electrons. The van der Waals surface area contributed by atoms with Crippen LogP contribution in [0.25, 0.3) is 5.69 Å². The number of nitrogens with zero attached hydrogens (tertiary/aromatic N) is 3. The molecule has 2 aliphatic rings. The third kappa shape index (κ3) is 3.21. The summed E-state index contributed by atoms with van der Waals surface area (Å²) in [5.41, 5.74) is 2.01. The normalized spacial score (nSPS) is 21.0. The van der Waals surface area contributed by atoms with Crippen molar-refractivity contribution in [1.29, 1.82) is 0 Å². The molecule has 1 aliphatic carbocycles. The molecule has 0 bridgehead atoms. The van der Waals surface area contributed by atoms with Crippen molar-refractivity contribution in [3.05, 3.63) is 47.8 Å². The second-order valence-corrected chi connectivity index (χ2v) is 9.17. The van der Waals surface area contributed by atoms with Crippen LogP contribution in [0.5, 0.6) is 0 Å². The minimum Gasteiger partial charge on any atom is -0.481 e. The van der Waals surface area contributed by atoms with Gasteiger partial charge in [0.25, 0.3) is 5.91 Å². The van der Waals surface area contributed by atoms with E-state index in [0.717, 1.165) is 30.6 Å². The molecule has 1 aromatic heterocycles. The fourth-order valence-corrected chi connectivity index (χ4v) is 4.37. The quantitative estimate of drug-likeness (QED) is 0.883. The van der Waals surface area contributed by atoms with Gasteiger partial charge in [-0.05, 0) is 36.8 Å². The van der Waals surface area contributed by atoms with Crippen LogP contribution in [0, 0.1) is 11.3 Å². The molecular weight excluding hydrogens is 354 g/mol. The molecule has 1 saturated heterocycles. The summed E-state index contributed by atoms with van der Waals surface area (Å²) in [6.45, 7) is 7.42. The highest BCUT2D eigenvalue weighted by molar-refractivity contribution is 5.95. The average Bonchev–Trinajstić information content (AvgIpc) is 3.16. The lowest BCUT2D eigenvalue weighted by Gasteiger charge is -2.33. The highest BCUT2D eigenvalue weighted by Gasteiger charge is 2.59. The first-order chi connectivity index (χ1) is 13.2. The molecule has 2 aromatic rings. The van der Waals surface area contributed by atoms with Crippen molar-refractivity contribution in [2.75, 3.05) is 13.1 Å². The number of hydrogen-bond donors (Lipinski definition) is 1. The first-order valence-electron chi connectivity index (χ1n) is 9.89. The molecule has 1 saturated carbocycles. The number of rotatable bonds is 3. The fraction of sp³-hybridized carbons (Fsp3) is 0.500. The number of carboxylic acids is 1. The third-order valence-electron chi connectivity index (χ3n) is 6.21. The first kappa shape index (κ1) is 18.7. The standard InChI is InChI=1S/C22H27N3O3/c1-21(2,3)18-16(14-25(23-18)15-7-5-4-6-8-15)19(26)24-11-9-22(10-12-24)13-17(22)20(27)28/h4-8,14,17H,9-13H2,1-3H3,(H,27,28). The van der Waals surface area contributed by atoms with Gasteiger partial charge < -0.3 is 10.0 Å². The maximum absolute atomic E-state index is 13.3. The van der Waals surface area contributed by atoms with Gasteiger partial charge in [0, 0.05) is 24.7 Å². The Hall–Kier alpha value is -2.63. The largest absolute Gasteiger partial charge is 0.481 e. The number of carboxylic acid groups (broad SMARTS) is 1. The zero-order chi connectivity index (χ0) is 20.1. The fourth-order valence-electron chi connectivity index (χ4n) is 4.37. The van der Waals surface area contributed by atoms with Gasteiger partial charge >= 0.3 is 5.97 Å². The molecule has 0 radical (unpaired) electrons. The molecule has 1 aliphatic heterocycles. The van der Waals surface area contributed by atoms with Crippen LogP contribution in [0.1, 0.15) is 56.1 Å². The van der Waals surface area contributed by atoms with Crippen molar-refractivity contribution in [2.24, 2.45) is 11.3 Å². The van der Waals surface area contributed by atoms with Crippen LogP contribution in [0.2, 0.25) is 0 Å². The van der Waals surface area contributed by atoms with E-state index in [2.05, 4.69) is 20.8 Å². The number of hydrogen-bond acceptors (Lipinski definition) is 3. The van der Waals surface area contributed by atoms with Crippen molar-refractivity contribution >= 4 is 11.9 Å². The number of carbonyl (C=O) groups excluding carboxylic acids is 1. The highest BCUT2D eigenvalue weighted by atomic mass is 16.4. The third-order valence-corrected chi connectivity index (χ3v) is 6.21. The molecule has 1 amide bonds. The molecule has 6 heteroatoms. The second-order valence-electron chi connectivity index (χ2n) is 9.17. The number of amides is 1. The van der Waals surface area contributed by atoms with Crippen LogP contribution in [0.4, 0.5) is 0 Å².